The first-order chi connectivity index (χ1) is 8.28. The third kappa shape index (κ3) is 3.43. The van der Waals surface area contributed by atoms with Gasteiger partial charge in [0.2, 0.25) is 0 Å². The van der Waals surface area contributed by atoms with Crippen molar-refractivity contribution in [3.63, 3.8) is 0 Å². The van der Waals surface area contributed by atoms with E-state index in [-0.39, 0.29) is 18.2 Å². The second-order valence-corrected chi connectivity index (χ2v) is 5.72. The molecule has 1 spiro atoms. The average molecular weight is 241 g/mol. The Morgan fingerprint density at radius 2 is 2.06 bits per heavy atom. The second kappa shape index (κ2) is 6.17. The van der Waals surface area contributed by atoms with Crippen LogP contribution in [0.4, 0.5) is 0 Å². The first kappa shape index (κ1) is 13.3. The molecule has 0 aromatic heterocycles. The molecule has 2 atom stereocenters. The van der Waals surface area contributed by atoms with Crippen molar-refractivity contribution < 1.29 is 9.84 Å². The first-order valence-corrected chi connectivity index (χ1v) is 7.30. The molecule has 2 unspecified atom stereocenters. The van der Waals surface area contributed by atoms with E-state index in [2.05, 4.69) is 12.2 Å². The number of rotatable bonds is 5. The highest BCUT2D eigenvalue weighted by atomic mass is 16.5. The topological polar surface area (TPSA) is 41.5 Å². The Bertz CT molecular complexity index is 222. The predicted octanol–water partition coefficient (Wildman–Crippen LogP) is 2.23. The van der Waals surface area contributed by atoms with Crippen molar-refractivity contribution in [2.24, 2.45) is 0 Å². The fourth-order valence-corrected chi connectivity index (χ4v) is 3.24. The minimum absolute atomic E-state index is 0.228. The molecule has 3 heteroatoms. The van der Waals surface area contributed by atoms with Gasteiger partial charge in [0.15, 0.2) is 0 Å². The van der Waals surface area contributed by atoms with Crippen molar-refractivity contribution in [1.82, 2.24) is 5.32 Å². The SMILES string of the molecule is CCC(CO)NCC1CCC2(CCCCC2)O1. The van der Waals surface area contributed by atoms with Crippen molar-refractivity contribution in [3.8, 4) is 0 Å². The zero-order valence-electron chi connectivity index (χ0n) is 11.1. The number of nitrogens with one attached hydrogen (secondary N) is 1. The molecule has 17 heavy (non-hydrogen) atoms. The molecular formula is C14H27NO2. The minimum atomic E-state index is 0.228. The van der Waals surface area contributed by atoms with Crippen LogP contribution in [0.15, 0.2) is 0 Å². The quantitative estimate of drug-likeness (QED) is 0.775. The molecule has 1 aliphatic heterocycles. The molecule has 0 aromatic rings. The predicted molar refractivity (Wildman–Crippen MR) is 69.1 cm³/mol. The summed E-state index contributed by atoms with van der Waals surface area (Å²) in [5, 5.41) is 12.5. The van der Waals surface area contributed by atoms with Gasteiger partial charge in [-0.15, -0.1) is 0 Å². The summed E-state index contributed by atoms with van der Waals surface area (Å²) in [6.07, 6.45) is 10.4. The lowest BCUT2D eigenvalue weighted by atomic mass is 9.83. The molecule has 100 valence electrons. The highest BCUT2D eigenvalue weighted by Gasteiger charge is 2.40. The molecule has 1 saturated carbocycles. The fraction of sp³-hybridized carbons (Fsp3) is 1.00. The van der Waals surface area contributed by atoms with Crippen LogP contribution in [0, 0.1) is 0 Å². The summed E-state index contributed by atoms with van der Waals surface area (Å²) in [7, 11) is 0. The van der Waals surface area contributed by atoms with E-state index in [1.54, 1.807) is 0 Å². The number of hydrogen-bond acceptors (Lipinski definition) is 3. The standard InChI is InChI=1S/C14H27NO2/c1-2-12(11-16)15-10-13-6-9-14(17-13)7-4-3-5-8-14/h12-13,15-16H,2-11H2,1H3. The highest BCUT2D eigenvalue weighted by molar-refractivity contribution is 4.92. The van der Waals surface area contributed by atoms with Crippen LogP contribution in [-0.4, -0.2) is 36.0 Å². The van der Waals surface area contributed by atoms with Crippen molar-refractivity contribution >= 4 is 0 Å². The summed E-state index contributed by atoms with van der Waals surface area (Å²) >= 11 is 0. The van der Waals surface area contributed by atoms with Gasteiger partial charge < -0.3 is 15.2 Å². The largest absolute Gasteiger partial charge is 0.395 e. The van der Waals surface area contributed by atoms with E-state index in [4.69, 9.17) is 9.84 Å². The third-order valence-electron chi connectivity index (χ3n) is 4.45. The van der Waals surface area contributed by atoms with Crippen molar-refractivity contribution in [1.29, 1.82) is 0 Å². The molecule has 3 nitrogen and oxygen atoms in total. The van der Waals surface area contributed by atoms with Gasteiger partial charge in [0.1, 0.15) is 0 Å². The Morgan fingerprint density at radius 3 is 2.71 bits per heavy atom. The summed E-state index contributed by atoms with van der Waals surface area (Å²) in [5.41, 5.74) is 0.228. The Kier molecular flexibility index (Phi) is 4.83. The Hall–Kier alpha value is -0.120. The summed E-state index contributed by atoms with van der Waals surface area (Å²) in [6, 6.07) is 0.238. The van der Waals surface area contributed by atoms with Gasteiger partial charge in [-0.25, -0.2) is 0 Å². The van der Waals surface area contributed by atoms with Crippen LogP contribution in [0.3, 0.4) is 0 Å². The normalized spacial score (nSPS) is 29.6. The third-order valence-corrected chi connectivity index (χ3v) is 4.45. The van der Waals surface area contributed by atoms with Crippen LogP contribution in [0.2, 0.25) is 0 Å². The molecular weight excluding hydrogens is 214 g/mol. The molecule has 2 rings (SSSR count). The van der Waals surface area contributed by atoms with Gasteiger partial charge in [0, 0.05) is 12.6 Å². The molecule has 1 heterocycles. The van der Waals surface area contributed by atoms with E-state index >= 15 is 0 Å². The molecule has 0 amide bonds. The Labute approximate surface area is 105 Å². The monoisotopic (exact) mass is 241 g/mol. The van der Waals surface area contributed by atoms with Gasteiger partial charge in [-0.1, -0.05) is 26.2 Å². The second-order valence-electron chi connectivity index (χ2n) is 5.72. The molecule has 2 N–H and O–H groups in total. The molecule has 2 aliphatic rings. The van der Waals surface area contributed by atoms with Gasteiger partial charge in [0.25, 0.3) is 0 Å². The summed E-state index contributed by atoms with van der Waals surface area (Å²) < 4.78 is 6.29. The molecule has 0 aromatic carbocycles. The zero-order valence-corrected chi connectivity index (χ0v) is 11.1. The molecule has 0 bridgehead atoms. The van der Waals surface area contributed by atoms with E-state index in [1.165, 1.54) is 44.9 Å². The lowest BCUT2D eigenvalue weighted by Gasteiger charge is -2.33. The van der Waals surface area contributed by atoms with Crippen LogP contribution in [-0.2, 0) is 4.74 Å². The van der Waals surface area contributed by atoms with Gasteiger partial charge in [0.05, 0.1) is 18.3 Å². The average Bonchev–Trinajstić information content (AvgIpc) is 2.75. The molecule has 0 radical (unpaired) electrons. The van der Waals surface area contributed by atoms with Crippen LogP contribution >= 0.6 is 0 Å². The van der Waals surface area contributed by atoms with E-state index in [0.29, 0.717) is 6.10 Å². The van der Waals surface area contributed by atoms with Crippen molar-refractivity contribution in [2.45, 2.75) is 76.0 Å². The summed E-state index contributed by atoms with van der Waals surface area (Å²) in [6.45, 7) is 3.24. The zero-order chi connectivity index (χ0) is 12.1. The summed E-state index contributed by atoms with van der Waals surface area (Å²) in [5.74, 6) is 0. The number of aliphatic hydroxyl groups excluding tert-OH is 1. The minimum Gasteiger partial charge on any atom is -0.395 e. The smallest absolute Gasteiger partial charge is 0.0708 e. The van der Waals surface area contributed by atoms with Crippen molar-refractivity contribution in [2.75, 3.05) is 13.2 Å². The maximum Gasteiger partial charge on any atom is 0.0708 e. The number of aliphatic hydroxyl groups is 1. The van der Waals surface area contributed by atoms with Gasteiger partial charge in [-0.2, -0.15) is 0 Å². The van der Waals surface area contributed by atoms with Gasteiger partial charge in [-0.05, 0) is 32.1 Å². The number of hydrogen-bond donors (Lipinski definition) is 2. The van der Waals surface area contributed by atoms with Crippen molar-refractivity contribution in [3.05, 3.63) is 0 Å². The first-order valence-electron chi connectivity index (χ1n) is 7.30. The maximum atomic E-state index is 9.14. The van der Waals surface area contributed by atoms with Crippen LogP contribution in [0.1, 0.15) is 58.3 Å². The Morgan fingerprint density at radius 1 is 1.29 bits per heavy atom. The van der Waals surface area contributed by atoms with Gasteiger partial charge in [-0.3, -0.25) is 0 Å². The van der Waals surface area contributed by atoms with E-state index in [1.807, 2.05) is 0 Å². The maximum absolute atomic E-state index is 9.14. The van der Waals surface area contributed by atoms with E-state index in [9.17, 15) is 0 Å². The number of ether oxygens (including phenoxy) is 1. The van der Waals surface area contributed by atoms with E-state index < -0.39 is 0 Å². The molecule has 1 saturated heterocycles. The van der Waals surface area contributed by atoms with Crippen LogP contribution < -0.4 is 5.32 Å². The Balaban J connectivity index is 1.73. The lowest BCUT2D eigenvalue weighted by Crippen LogP contribution is -2.39. The van der Waals surface area contributed by atoms with Gasteiger partial charge >= 0.3 is 0 Å². The van der Waals surface area contributed by atoms with Crippen LogP contribution in [0.5, 0.6) is 0 Å². The fourth-order valence-electron chi connectivity index (χ4n) is 3.24. The van der Waals surface area contributed by atoms with Crippen LogP contribution in [0.25, 0.3) is 0 Å². The molecule has 2 fully saturated rings. The lowest BCUT2D eigenvalue weighted by molar-refractivity contribution is -0.0632. The summed E-state index contributed by atoms with van der Waals surface area (Å²) in [4.78, 5) is 0. The molecule has 1 aliphatic carbocycles. The van der Waals surface area contributed by atoms with E-state index in [0.717, 1.165) is 13.0 Å². The highest BCUT2D eigenvalue weighted by Crippen LogP contribution is 2.41.